The Morgan fingerprint density at radius 1 is 1.16 bits per heavy atom. The predicted molar refractivity (Wildman–Crippen MR) is 72.0 cm³/mol. The molecule has 0 fully saturated rings. The summed E-state index contributed by atoms with van der Waals surface area (Å²) in [6, 6.07) is 9.10. The second-order valence-electron chi connectivity index (χ2n) is 4.25. The Kier molecular flexibility index (Phi) is 3.51. The van der Waals surface area contributed by atoms with E-state index in [4.69, 9.17) is 10.5 Å². The fourth-order valence-corrected chi connectivity index (χ4v) is 1.87. The van der Waals surface area contributed by atoms with Gasteiger partial charge in [0.15, 0.2) is 5.78 Å². The van der Waals surface area contributed by atoms with Gasteiger partial charge in [-0.25, -0.2) is 4.39 Å². The molecule has 0 amide bonds. The first-order valence-corrected chi connectivity index (χ1v) is 5.77. The van der Waals surface area contributed by atoms with Crippen LogP contribution in [0.25, 0.3) is 0 Å². The third-order valence-electron chi connectivity index (χ3n) is 2.92. The summed E-state index contributed by atoms with van der Waals surface area (Å²) in [5.41, 5.74) is 7.18. The molecule has 2 N–H and O–H groups in total. The van der Waals surface area contributed by atoms with Crippen LogP contribution in [0.1, 0.15) is 21.5 Å². The number of methoxy groups -OCH3 is 1. The van der Waals surface area contributed by atoms with E-state index in [2.05, 4.69) is 0 Å². The molecule has 0 aliphatic rings. The molecule has 0 heterocycles. The summed E-state index contributed by atoms with van der Waals surface area (Å²) in [6.45, 7) is 1.86. The summed E-state index contributed by atoms with van der Waals surface area (Å²) >= 11 is 0. The Bertz CT molecular complexity index is 638. The van der Waals surface area contributed by atoms with Gasteiger partial charge in [0.05, 0.1) is 12.8 Å². The minimum absolute atomic E-state index is 0.0314. The van der Waals surface area contributed by atoms with Crippen molar-refractivity contribution in [1.82, 2.24) is 0 Å². The standard InChI is InChI=1S/C15H14FNO2/c1-9-7-10(4-6-14(9)19-2)15(18)11-3-5-12(16)13(17)8-11/h3-8H,17H2,1-2H3. The quantitative estimate of drug-likeness (QED) is 0.681. The molecule has 2 aromatic rings. The molecule has 0 bridgehead atoms. The van der Waals surface area contributed by atoms with E-state index >= 15 is 0 Å². The molecule has 19 heavy (non-hydrogen) atoms. The lowest BCUT2D eigenvalue weighted by Crippen LogP contribution is -2.04. The molecule has 2 rings (SSSR count). The summed E-state index contributed by atoms with van der Waals surface area (Å²) in [5.74, 6) is -0.00455. The summed E-state index contributed by atoms with van der Waals surface area (Å²) in [4.78, 5) is 12.2. The number of anilines is 1. The number of carbonyl (C=O) groups is 1. The first kappa shape index (κ1) is 13.1. The number of halogens is 1. The van der Waals surface area contributed by atoms with Crippen LogP contribution in [-0.4, -0.2) is 12.9 Å². The average molecular weight is 259 g/mol. The minimum Gasteiger partial charge on any atom is -0.496 e. The van der Waals surface area contributed by atoms with Crippen molar-refractivity contribution < 1.29 is 13.9 Å². The van der Waals surface area contributed by atoms with E-state index in [-0.39, 0.29) is 11.5 Å². The van der Waals surface area contributed by atoms with E-state index in [0.717, 1.165) is 11.3 Å². The predicted octanol–water partition coefficient (Wildman–Crippen LogP) is 2.96. The fourth-order valence-electron chi connectivity index (χ4n) is 1.87. The van der Waals surface area contributed by atoms with Gasteiger partial charge in [-0.2, -0.15) is 0 Å². The van der Waals surface area contributed by atoms with Crippen molar-refractivity contribution in [3.8, 4) is 5.75 Å². The van der Waals surface area contributed by atoms with Crippen molar-refractivity contribution in [2.75, 3.05) is 12.8 Å². The number of aryl methyl sites for hydroxylation is 1. The molecule has 3 nitrogen and oxygen atoms in total. The van der Waals surface area contributed by atoms with Crippen LogP contribution in [0.2, 0.25) is 0 Å². The van der Waals surface area contributed by atoms with Crippen LogP contribution in [0.3, 0.4) is 0 Å². The third kappa shape index (κ3) is 2.57. The van der Waals surface area contributed by atoms with Crippen molar-refractivity contribution in [3.05, 3.63) is 58.9 Å². The summed E-state index contributed by atoms with van der Waals surface area (Å²) in [7, 11) is 1.57. The number of ether oxygens (including phenoxy) is 1. The average Bonchev–Trinajstić information content (AvgIpc) is 2.41. The molecule has 0 aromatic heterocycles. The molecule has 0 saturated carbocycles. The lowest BCUT2D eigenvalue weighted by atomic mass is 10.0. The molecular weight excluding hydrogens is 245 g/mol. The van der Waals surface area contributed by atoms with Crippen LogP contribution < -0.4 is 10.5 Å². The maximum Gasteiger partial charge on any atom is 0.193 e. The number of nitrogens with two attached hydrogens (primary N) is 1. The van der Waals surface area contributed by atoms with Gasteiger partial charge in [-0.1, -0.05) is 0 Å². The van der Waals surface area contributed by atoms with Crippen molar-refractivity contribution in [2.24, 2.45) is 0 Å². The van der Waals surface area contributed by atoms with Crippen molar-refractivity contribution in [2.45, 2.75) is 6.92 Å². The number of hydrogen-bond donors (Lipinski definition) is 1. The smallest absolute Gasteiger partial charge is 0.193 e. The number of benzene rings is 2. The molecule has 0 aliphatic heterocycles. The Morgan fingerprint density at radius 3 is 2.37 bits per heavy atom. The van der Waals surface area contributed by atoms with E-state index in [1.165, 1.54) is 18.2 Å². The van der Waals surface area contributed by atoms with Crippen LogP contribution >= 0.6 is 0 Å². The molecule has 0 aliphatic carbocycles. The highest BCUT2D eigenvalue weighted by Gasteiger charge is 2.12. The maximum absolute atomic E-state index is 13.1. The fraction of sp³-hybridized carbons (Fsp3) is 0.133. The van der Waals surface area contributed by atoms with Crippen LogP contribution in [0.5, 0.6) is 5.75 Å². The Morgan fingerprint density at radius 2 is 1.79 bits per heavy atom. The zero-order chi connectivity index (χ0) is 14.0. The highest BCUT2D eigenvalue weighted by molar-refractivity contribution is 6.09. The number of hydrogen-bond acceptors (Lipinski definition) is 3. The van der Waals surface area contributed by atoms with E-state index in [1.54, 1.807) is 25.3 Å². The van der Waals surface area contributed by atoms with Gasteiger partial charge in [-0.3, -0.25) is 4.79 Å². The third-order valence-corrected chi connectivity index (χ3v) is 2.92. The van der Waals surface area contributed by atoms with Gasteiger partial charge in [0.2, 0.25) is 0 Å². The topological polar surface area (TPSA) is 52.3 Å². The zero-order valence-electron chi connectivity index (χ0n) is 10.7. The van der Waals surface area contributed by atoms with Crippen LogP contribution in [-0.2, 0) is 0 Å². The van der Waals surface area contributed by atoms with Gasteiger partial charge in [0.1, 0.15) is 11.6 Å². The largest absolute Gasteiger partial charge is 0.496 e. The van der Waals surface area contributed by atoms with Crippen molar-refractivity contribution in [3.63, 3.8) is 0 Å². The van der Waals surface area contributed by atoms with Gasteiger partial charge >= 0.3 is 0 Å². The Labute approximate surface area is 110 Å². The Hall–Kier alpha value is -2.36. The van der Waals surface area contributed by atoms with Crippen LogP contribution in [0, 0.1) is 12.7 Å². The van der Waals surface area contributed by atoms with Crippen molar-refractivity contribution >= 4 is 11.5 Å². The van der Waals surface area contributed by atoms with E-state index in [9.17, 15) is 9.18 Å². The van der Waals surface area contributed by atoms with E-state index < -0.39 is 5.82 Å². The van der Waals surface area contributed by atoms with Gasteiger partial charge in [-0.15, -0.1) is 0 Å². The van der Waals surface area contributed by atoms with Gasteiger partial charge in [-0.05, 0) is 48.9 Å². The number of carbonyl (C=O) groups excluding carboxylic acids is 1. The lowest BCUT2D eigenvalue weighted by Gasteiger charge is -2.07. The van der Waals surface area contributed by atoms with Crippen molar-refractivity contribution in [1.29, 1.82) is 0 Å². The summed E-state index contributed by atoms with van der Waals surface area (Å²) in [5, 5.41) is 0. The van der Waals surface area contributed by atoms with E-state index in [0.29, 0.717) is 11.1 Å². The molecule has 0 spiro atoms. The van der Waals surface area contributed by atoms with Gasteiger partial charge in [0, 0.05) is 11.1 Å². The van der Waals surface area contributed by atoms with Gasteiger partial charge < -0.3 is 10.5 Å². The lowest BCUT2D eigenvalue weighted by molar-refractivity contribution is 0.103. The molecule has 0 unspecified atom stereocenters. The summed E-state index contributed by atoms with van der Waals surface area (Å²) < 4.78 is 18.2. The normalized spacial score (nSPS) is 10.3. The molecule has 0 atom stereocenters. The molecular formula is C15H14FNO2. The number of ketones is 1. The second kappa shape index (κ2) is 5.10. The number of nitrogen functional groups attached to an aromatic ring is 1. The zero-order valence-corrected chi connectivity index (χ0v) is 10.7. The minimum atomic E-state index is -0.525. The first-order valence-electron chi connectivity index (χ1n) is 5.77. The van der Waals surface area contributed by atoms with Crippen LogP contribution in [0.4, 0.5) is 10.1 Å². The molecule has 98 valence electrons. The first-order chi connectivity index (χ1) is 9.02. The molecule has 0 radical (unpaired) electrons. The Balaban J connectivity index is 2.38. The van der Waals surface area contributed by atoms with Crippen LogP contribution in [0.15, 0.2) is 36.4 Å². The molecule has 4 heteroatoms. The maximum atomic E-state index is 13.1. The number of rotatable bonds is 3. The molecule has 2 aromatic carbocycles. The van der Waals surface area contributed by atoms with Gasteiger partial charge in [0.25, 0.3) is 0 Å². The highest BCUT2D eigenvalue weighted by Crippen LogP contribution is 2.21. The highest BCUT2D eigenvalue weighted by atomic mass is 19.1. The van der Waals surface area contributed by atoms with E-state index in [1.807, 2.05) is 6.92 Å². The monoisotopic (exact) mass is 259 g/mol. The summed E-state index contributed by atoms with van der Waals surface area (Å²) in [6.07, 6.45) is 0. The molecule has 0 saturated heterocycles. The second-order valence-corrected chi connectivity index (χ2v) is 4.25. The SMILES string of the molecule is COc1ccc(C(=O)c2ccc(F)c(N)c2)cc1C.